The number of carbonyl (C=O) groups excluding carboxylic acids is 1. The van der Waals surface area contributed by atoms with E-state index in [4.69, 9.17) is 0 Å². The Balaban J connectivity index is 1.56. The summed E-state index contributed by atoms with van der Waals surface area (Å²) in [5.74, 6) is 0.721. The van der Waals surface area contributed by atoms with Gasteiger partial charge >= 0.3 is 0 Å². The zero-order valence-electron chi connectivity index (χ0n) is 15.5. The van der Waals surface area contributed by atoms with Crippen LogP contribution in [0.1, 0.15) is 29.6 Å². The van der Waals surface area contributed by atoms with E-state index in [1.807, 2.05) is 91.9 Å². The van der Waals surface area contributed by atoms with Crippen molar-refractivity contribution in [2.24, 2.45) is 0 Å². The third-order valence-corrected chi connectivity index (χ3v) is 5.78. The Hall–Kier alpha value is -3.05. The number of hydrogen-bond donors (Lipinski definition) is 2. The minimum atomic E-state index is -0.338. The van der Waals surface area contributed by atoms with Crippen LogP contribution in [0.15, 0.2) is 89.8 Å². The van der Waals surface area contributed by atoms with Crippen molar-refractivity contribution in [2.75, 3.05) is 0 Å². The molecule has 0 bridgehead atoms. The normalized spacial score (nSPS) is 13.2. The second kappa shape index (κ2) is 8.31. The van der Waals surface area contributed by atoms with Gasteiger partial charge in [-0.15, -0.1) is 11.8 Å². The van der Waals surface area contributed by atoms with Crippen molar-refractivity contribution in [3.63, 3.8) is 0 Å². The predicted octanol–water partition coefficient (Wildman–Crippen LogP) is 5.27. The minimum absolute atomic E-state index is 0.0343. The zero-order valence-corrected chi connectivity index (χ0v) is 16.3. The molecule has 0 aliphatic heterocycles. The highest BCUT2D eigenvalue weighted by molar-refractivity contribution is 8.00. The van der Waals surface area contributed by atoms with E-state index in [1.54, 1.807) is 11.8 Å². The first-order valence-electron chi connectivity index (χ1n) is 9.22. The monoisotopic (exact) mass is 387 g/mol. The summed E-state index contributed by atoms with van der Waals surface area (Å²) in [6.45, 7) is 1.95. The topological polar surface area (TPSA) is 57.8 Å². The molecule has 140 valence electrons. The van der Waals surface area contributed by atoms with Crippen LogP contribution in [-0.4, -0.2) is 15.9 Å². The van der Waals surface area contributed by atoms with Crippen LogP contribution >= 0.6 is 11.8 Å². The molecule has 0 saturated carbocycles. The molecule has 1 unspecified atom stereocenters. The van der Waals surface area contributed by atoms with E-state index in [-0.39, 0.29) is 17.2 Å². The van der Waals surface area contributed by atoms with Gasteiger partial charge in [0.05, 0.1) is 17.1 Å². The second-order valence-corrected chi connectivity index (χ2v) is 7.77. The lowest BCUT2D eigenvalue weighted by Gasteiger charge is -2.19. The summed E-state index contributed by atoms with van der Waals surface area (Å²) in [4.78, 5) is 22.1. The molecule has 1 heterocycles. The summed E-state index contributed by atoms with van der Waals surface area (Å²) in [5.41, 5.74) is 2.85. The van der Waals surface area contributed by atoms with Gasteiger partial charge in [0.25, 0.3) is 0 Å². The lowest BCUT2D eigenvalue weighted by molar-refractivity contribution is -0.121. The Morgan fingerprint density at radius 1 is 0.929 bits per heavy atom. The molecular weight excluding hydrogens is 366 g/mol. The number of nitrogens with zero attached hydrogens (tertiary/aromatic N) is 1. The fourth-order valence-corrected chi connectivity index (χ4v) is 4.13. The van der Waals surface area contributed by atoms with Gasteiger partial charge in [-0.3, -0.25) is 4.79 Å². The number of fused-ring (bicyclic) bond motifs is 1. The average molecular weight is 388 g/mol. The molecule has 28 heavy (non-hydrogen) atoms. The molecule has 0 radical (unpaired) electrons. The molecule has 4 aromatic rings. The van der Waals surface area contributed by atoms with Crippen molar-refractivity contribution in [3.8, 4) is 0 Å². The van der Waals surface area contributed by atoms with E-state index in [9.17, 15) is 4.79 Å². The molecule has 5 heteroatoms. The number of rotatable bonds is 6. The van der Waals surface area contributed by atoms with Gasteiger partial charge < -0.3 is 10.3 Å². The number of benzene rings is 3. The number of thioether (sulfide) groups is 1. The van der Waals surface area contributed by atoms with E-state index >= 15 is 0 Å². The van der Waals surface area contributed by atoms with Gasteiger partial charge in [0.15, 0.2) is 0 Å². The highest BCUT2D eigenvalue weighted by Crippen LogP contribution is 2.35. The summed E-state index contributed by atoms with van der Waals surface area (Å²) in [7, 11) is 0. The molecule has 0 saturated heterocycles. The van der Waals surface area contributed by atoms with Crippen LogP contribution in [0.25, 0.3) is 11.0 Å². The Morgan fingerprint density at radius 3 is 2.29 bits per heavy atom. The third-order valence-electron chi connectivity index (χ3n) is 4.51. The maximum absolute atomic E-state index is 13.2. The van der Waals surface area contributed by atoms with Crippen LogP contribution in [0.4, 0.5) is 0 Å². The maximum Gasteiger partial charge on any atom is 0.238 e. The Morgan fingerprint density at radius 2 is 1.57 bits per heavy atom. The molecule has 4 nitrogen and oxygen atoms in total. The number of H-pyrrole nitrogens is 1. The van der Waals surface area contributed by atoms with E-state index in [0.29, 0.717) is 0 Å². The SMILES string of the molecule is C[C@@H](NC(=O)C(Sc1ccccc1)c1ccccc1)c1nc2ccccc2[nH]1. The van der Waals surface area contributed by atoms with Gasteiger partial charge in [0.1, 0.15) is 11.1 Å². The van der Waals surface area contributed by atoms with Gasteiger partial charge in [-0.25, -0.2) is 4.98 Å². The first-order chi connectivity index (χ1) is 13.7. The fraction of sp³-hybridized carbons (Fsp3) is 0.130. The molecule has 0 spiro atoms. The molecule has 2 N–H and O–H groups in total. The van der Waals surface area contributed by atoms with Crippen LogP contribution in [0.3, 0.4) is 0 Å². The van der Waals surface area contributed by atoms with Crippen LogP contribution in [-0.2, 0) is 4.79 Å². The van der Waals surface area contributed by atoms with E-state index in [0.717, 1.165) is 27.3 Å². The lowest BCUT2D eigenvalue weighted by Crippen LogP contribution is -2.31. The number of aromatic nitrogens is 2. The molecule has 1 aromatic heterocycles. The first-order valence-corrected chi connectivity index (χ1v) is 10.1. The van der Waals surface area contributed by atoms with Crippen molar-refractivity contribution >= 4 is 28.7 Å². The zero-order chi connectivity index (χ0) is 19.3. The van der Waals surface area contributed by atoms with Gasteiger partial charge in [-0.1, -0.05) is 60.7 Å². The molecule has 0 aliphatic carbocycles. The molecule has 2 atom stereocenters. The van der Waals surface area contributed by atoms with Crippen molar-refractivity contribution in [3.05, 3.63) is 96.3 Å². The summed E-state index contributed by atoms with van der Waals surface area (Å²) in [6, 6.07) is 27.5. The van der Waals surface area contributed by atoms with E-state index in [2.05, 4.69) is 15.3 Å². The maximum atomic E-state index is 13.2. The summed E-state index contributed by atoms with van der Waals surface area (Å²) < 4.78 is 0. The number of imidazole rings is 1. The largest absolute Gasteiger partial charge is 0.345 e. The quantitative estimate of drug-likeness (QED) is 0.443. The Kier molecular flexibility index (Phi) is 5.44. The smallest absolute Gasteiger partial charge is 0.238 e. The van der Waals surface area contributed by atoms with E-state index in [1.165, 1.54) is 0 Å². The van der Waals surface area contributed by atoms with Gasteiger partial charge in [0.2, 0.25) is 5.91 Å². The highest BCUT2D eigenvalue weighted by atomic mass is 32.2. The lowest BCUT2D eigenvalue weighted by atomic mass is 10.1. The number of nitrogens with one attached hydrogen (secondary N) is 2. The summed E-state index contributed by atoms with van der Waals surface area (Å²) in [5, 5.41) is 2.78. The van der Waals surface area contributed by atoms with Gasteiger partial charge in [-0.2, -0.15) is 0 Å². The number of hydrogen-bond acceptors (Lipinski definition) is 3. The standard InChI is InChI=1S/C23H21N3OS/c1-16(22-25-19-14-8-9-15-20(19)26-22)24-23(27)21(17-10-4-2-5-11-17)28-18-12-6-3-7-13-18/h2-16,21H,1H3,(H,24,27)(H,25,26)/t16-,21?/m1/s1. The van der Waals surface area contributed by atoms with Crippen molar-refractivity contribution in [1.82, 2.24) is 15.3 Å². The second-order valence-electron chi connectivity index (χ2n) is 6.59. The molecule has 4 rings (SSSR count). The number of aromatic amines is 1. The third kappa shape index (κ3) is 4.10. The minimum Gasteiger partial charge on any atom is -0.345 e. The molecule has 0 fully saturated rings. The van der Waals surface area contributed by atoms with E-state index < -0.39 is 0 Å². The average Bonchev–Trinajstić information content (AvgIpc) is 3.18. The predicted molar refractivity (Wildman–Crippen MR) is 114 cm³/mol. The van der Waals surface area contributed by atoms with Gasteiger partial charge in [0, 0.05) is 4.90 Å². The van der Waals surface area contributed by atoms with Crippen LogP contribution in [0.5, 0.6) is 0 Å². The van der Waals surface area contributed by atoms with Crippen molar-refractivity contribution in [1.29, 1.82) is 0 Å². The molecule has 0 aliphatic rings. The molecule has 3 aromatic carbocycles. The first kappa shape index (κ1) is 18.3. The highest BCUT2D eigenvalue weighted by Gasteiger charge is 2.24. The number of para-hydroxylation sites is 2. The Labute approximate surface area is 168 Å². The van der Waals surface area contributed by atoms with Gasteiger partial charge in [-0.05, 0) is 36.8 Å². The van der Waals surface area contributed by atoms with Crippen LogP contribution in [0, 0.1) is 0 Å². The van der Waals surface area contributed by atoms with Crippen molar-refractivity contribution < 1.29 is 4.79 Å². The summed E-state index contributed by atoms with van der Waals surface area (Å²) >= 11 is 1.55. The summed E-state index contributed by atoms with van der Waals surface area (Å²) in [6.07, 6.45) is 0. The van der Waals surface area contributed by atoms with Crippen molar-refractivity contribution in [2.45, 2.75) is 23.1 Å². The molecule has 1 amide bonds. The Bertz CT molecular complexity index is 1030. The number of amides is 1. The number of carbonyl (C=O) groups is 1. The fourth-order valence-electron chi connectivity index (χ4n) is 3.07. The van der Waals surface area contributed by atoms with Crippen LogP contribution in [0.2, 0.25) is 0 Å². The molecular formula is C23H21N3OS. The van der Waals surface area contributed by atoms with Crippen LogP contribution < -0.4 is 5.32 Å².